The van der Waals surface area contributed by atoms with E-state index in [1.165, 1.54) is 0 Å². The van der Waals surface area contributed by atoms with Crippen LogP contribution in [-0.4, -0.2) is 17.4 Å². The summed E-state index contributed by atoms with van der Waals surface area (Å²) in [7, 11) is 0. The highest BCUT2D eigenvalue weighted by atomic mass is 16.6. The fourth-order valence-electron chi connectivity index (χ4n) is 0.721. The summed E-state index contributed by atoms with van der Waals surface area (Å²) in [6.45, 7) is 3.82. The molecule has 0 aliphatic carbocycles. The lowest BCUT2D eigenvalue weighted by molar-refractivity contribution is -0.168. The molecule has 66 valence electrons. The Morgan fingerprint density at radius 3 is 2.55 bits per heavy atom. The molecule has 0 aromatic carbocycles. The van der Waals surface area contributed by atoms with Gasteiger partial charge in [-0.1, -0.05) is 20.3 Å². The lowest BCUT2D eigenvalue weighted by Gasteiger charge is -2.09. The monoisotopic (exact) mass is 160 g/mol. The molecule has 0 saturated heterocycles. The largest absolute Gasteiger partial charge is 0.436 e. The molecule has 0 amide bonds. The molecule has 1 N–H and O–H groups in total. The van der Waals surface area contributed by atoms with E-state index < -0.39 is 6.29 Å². The smallest absolute Gasteiger partial charge is 0.308 e. The lowest BCUT2D eigenvalue weighted by atomic mass is 10.3. The summed E-state index contributed by atoms with van der Waals surface area (Å²) < 4.78 is 4.65. The molecule has 3 heteroatoms. The fraction of sp³-hybridized carbons (Fsp3) is 0.875. The fourth-order valence-corrected chi connectivity index (χ4v) is 0.721. The second kappa shape index (κ2) is 6.16. The van der Waals surface area contributed by atoms with Gasteiger partial charge in [0.05, 0.1) is 0 Å². The topological polar surface area (TPSA) is 46.5 Å². The van der Waals surface area contributed by atoms with Gasteiger partial charge >= 0.3 is 5.97 Å². The summed E-state index contributed by atoms with van der Waals surface area (Å²) in [6, 6.07) is 0. The Morgan fingerprint density at radius 1 is 1.45 bits per heavy atom. The first-order valence-corrected chi connectivity index (χ1v) is 4.08. The van der Waals surface area contributed by atoms with Gasteiger partial charge in [-0.15, -0.1) is 0 Å². The molecule has 3 nitrogen and oxygen atoms in total. The zero-order chi connectivity index (χ0) is 8.69. The van der Waals surface area contributed by atoms with Gasteiger partial charge < -0.3 is 9.84 Å². The number of hydrogen-bond donors (Lipinski definition) is 1. The van der Waals surface area contributed by atoms with E-state index in [1.54, 1.807) is 0 Å². The van der Waals surface area contributed by atoms with Crippen molar-refractivity contribution in [3.8, 4) is 0 Å². The first-order chi connectivity index (χ1) is 5.20. The second-order valence-electron chi connectivity index (χ2n) is 2.48. The molecular formula is C8H16O3. The van der Waals surface area contributed by atoms with Crippen LogP contribution in [0.1, 0.15) is 39.5 Å². The number of aliphatic hydroxyl groups is 1. The van der Waals surface area contributed by atoms with Gasteiger partial charge in [-0.2, -0.15) is 0 Å². The molecule has 0 bridgehead atoms. The molecule has 0 aliphatic heterocycles. The maximum absolute atomic E-state index is 10.7. The van der Waals surface area contributed by atoms with E-state index in [9.17, 15) is 4.79 Å². The van der Waals surface area contributed by atoms with Gasteiger partial charge in [0, 0.05) is 12.8 Å². The van der Waals surface area contributed by atoms with Crippen molar-refractivity contribution in [3.05, 3.63) is 0 Å². The second-order valence-corrected chi connectivity index (χ2v) is 2.48. The van der Waals surface area contributed by atoms with Gasteiger partial charge in [-0.25, -0.2) is 0 Å². The third-order valence-corrected chi connectivity index (χ3v) is 1.26. The average molecular weight is 160 g/mol. The van der Waals surface area contributed by atoms with Crippen molar-refractivity contribution >= 4 is 5.97 Å². The van der Waals surface area contributed by atoms with E-state index in [0.29, 0.717) is 12.8 Å². The molecule has 0 rings (SSSR count). The van der Waals surface area contributed by atoms with Crippen molar-refractivity contribution in [2.24, 2.45) is 0 Å². The van der Waals surface area contributed by atoms with Crippen LogP contribution in [0.3, 0.4) is 0 Å². The zero-order valence-corrected chi connectivity index (χ0v) is 7.17. The van der Waals surface area contributed by atoms with Gasteiger partial charge in [0.1, 0.15) is 0 Å². The molecule has 0 spiro atoms. The molecule has 1 unspecified atom stereocenters. The lowest BCUT2D eigenvalue weighted by Crippen LogP contribution is -2.16. The first kappa shape index (κ1) is 10.4. The van der Waals surface area contributed by atoms with Gasteiger partial charge in [0.25, 0.3) is 0 Å². The Morgan fingerprint density at radius 2 is 2.09 bits per heavy atom. The van der Waals surface area contributed by atoms with Gasteiger partial charge in [-0.3, -0.25) is 4.79 Å². The number of carbonyl (C=O) groups excluding carboxylic acids is 1. The van der Waals surface area contributed by atoms with Crippen LogP contribution in [-0.2, 0) is 9.53 Å². The molecule has 11 heavy (non-hydrogen) atoms. The number of rotatable bonds is 5. The van der Waals surface area contributed by atoms with Gasteiger partial charge in [0.15, 0.2) is 0 Å². The maximum Gasteiger partial charge on any atom is 0.308 e. The van der Waals surface area contributed by atoms with Crippen molar-refractivity contribution in [2.45, 2.75) is 45.8 Å². The van der Waals surface area contributed by atoms with Crippen molar-refractivity contribution in [1.82, 2.24) is 0 Å². The van der Waals surface area contributed by atoms with Gasteiger partial charge in [-0.05, 0) is 6.42 Å². The summed E-state index contributed by atoms with van der Waals surface area (Å²) in [5.74, 6) is -0.312. The highest BCUT2D eigenvalue weighted by Crippen LogP contribution is 2.00. The predicted octanol–water partition coefficient (Wildman–Crippen LogP) is 1.45. The summed E-state index contributed by atoms with van der Waals surface area (Å²) in [5.41, 5.74) is 0. The van der Waals surface area contributed by atoms with E-state index in [4.69, 9.17) is 5.11 Å². The van der Waals surface area contributed by atoms with E-state index >= 15 is 0 Å². The minimum absolute atomic E-state index is 0.312. The van der Waals surface area contributed by atoms with Crippen LogP contribution in [0.5, 0.6) is 0 Å². The molecular weight excluding hydrogens is 144 g/mol. The Hall–Kier alpha value is -0.570. The number of ether oxygens (including phenoxy) is 1. The third-order valence-electron chi connectivity index (χ3n) is 1.26. The van der Waals surface area contributed by atoms with Crippen LogP contribution in [0.2, 0.25) is 0 Å². The van der Waals surface area contributed by atoms with Crippen molar-refractivity contribution < 1.29 is 14.6 Å². The van der Waals surface area contributed by atoms with Crippen LogP contribution < -0.4 is 0 Å². The third kappa shape index (κ3) is 5.85. The van der Waals surface area contributed by atoms with Crippen LogP contribution in [0.15, 0.2) is 0 Å². The molecule has 0 aromatic heterocycles. The molecule has 0 radical (unpaired) electrons. The normalized spacial score (nSPS) is 12.6. The van der Waals surface area contributed by atoms with Crippen molar-refractivity contribution in [1.29, 1.82) is 0 Å². The molecule has 0 aromatic rings. The number of carbonyl (C=O) groups is 1. The standard InChI is InChI=1S/C8H16O3/c1-3-5-7(9)11-8(10)6-4-2/h7,9H,3-6H2,1-2H3. The van der Waals surface area contributed by atoms with E-state index in [1.807, 2.05) is 13.8 Å². The van der Waals surface area contributed by atoms with Crippen molar-refractivity contribution in [3.63, 3.8) is 0 Å². The minimum Gasteiger partial charge on any atom is -0.436 e. The molecule has 0 saturated carbocycles. The summed E-state index contributed by atoms with van der Waals surface area (Å²) in [6.07, 6.45) is 1.59. The van der Waals surface area contributed by atoms with Crippen LogP contribution >= 0.6 is 0 Å². The number of hydrogen-bond acceptors (Lipinski definition) is 3. The average Bonchev–Trinajstić information content (AvgIpc) is 1.87. The first-order valence-electron chi connectivity index (χ1n) is 4.08. The Kier molecular flexibility index (Phi) is 5.84. The minimum atomic E-state index is -0.904. The Bertz CT molecular complexity index is 112. The Balaban J connectivity index is 3.40. The Labute approximate surface area is 67.4 Å². The SMILES string of the molecule is CCCC(=O)OC(O)CCC. The van der Waals surface area contributed by atoms with Crippen molar-refractivity contribution in [2.75, 3.05) is 0 Å². The van der Waals surface area contributed by atoms with E-state index in [2.05, 4.69) is 4.74 Å². The highest BCUT2D eigenvalue weighted by molar-refractivity contribution is 5.69. The maximum atomic E-state index is 10.7. The van der Waals surface area contributed by atoms with Gasteiger partial charge in [0.2, 0.25) is 6.29 Å². The predicted molar refractivity (Wildman–Crippen MR) is 41.9 cm³/mol. The summed E-state index contributed by atoms with van der Waals surface area (Å²) in [4.78, 5) is 10.7. The highest BCUT2D eigenvalue weighted by Gasteiger charge is 2.07. The number of aliphatic hydroxyl groups excluding tert-OH is 1. The zero-order valence-electron chi connectivity index (χ0n) is 7.17. The van der Waals surface area contributed by atoms with E-state index in [0.717, 1.165) is 12.8 Å². The number of esters is 1. The molecule has 0 fully saturated rings. The van der Waals surface area contributed by atoms with E-state index in [-0.39, 0.29) is 5.97 Å². The quantitative estimate of drug-likeness (QED) is 0.489. The van der Waals surface area contributed by atoms with Crippen LogP contribution in [0.4, 0.5) is 0 Å². The molecule has 0 aliphatic rings. The van der Waals surface area contributed by atoms with Crippen LogP contribution in [0, 0.1) is 0 Å². The summed E-state index contributed by atoms with van der Waals surface area (Å²) >= 11 is 0. The van der Waals surface area contributed by atoms with Crippen LogP contribution in [0.25, 0.3) is 0 Å². The summed E-state index contributed by atoms with van der Waals surface area (Å²) in [5, 5.41) is 9.00. The molecule has 0 heterocycles. The molecule has 1 atom stereocenters.